The molecule has 1 heterocycles. The first-order valence-corrected chi connectivity index (χ1v) is 5.93. The van der Waals surface area contributed by atoms with Crippen LogP contribution in [0.1, 0.15) is 20.8 Å². The highest BCUT2D eigenvalue weighted by atomic mass is 16.4. The third-order valence-corrected chi connectivity index (χ3v) is 2.80. The van der Waals surface area contributed by atoms with Crippen LogP contribution in [0.3, 0.4) is 0 Å². The average Bonchev–Trinajstić information content (AvgIpc) is 2.35. The monoisotopic (exact) mass is 252 g/mol. The van der Waals surface area contributed by atoms with Gasteiger partial charge in [0.2, 0.25) is 0 Å². The van der Waals surface area contributed by atoms with Crippen molar-refractivity contribution < 1.29 is 9.90 Å². The molecule has 0 bridgehead atoms. The van der Waals surface area contributed by atoms with Gasteiger partial charge in [0.05, 0.1) is 5.92 Å². The Bertz CT molecular complexity index is 409. The van der Waals surface area contributed by atoms with Gasteiger partial charge in [-0.15, -0.1) is 0 Å². The van der Waals surface area contributed by atoms with E-state index in [4.69, 9.17) is 5.11 Å². The molecule has 0 radical (unpaired) electrons. The molecule has 0 saturated heterocycles. The number of carboxylic acid groups (broad SMARTS) is 1. The van der Waals surface area contributed by atoms with Crippen molar-refractivity contribution in [3.63, 3.8) is 0 Å². The molecule has 1 aromatic rings. The highest BCUT2D eigenvalue weighted by Crippen LogP contribution is 2.14. The quantitative estimate of drug-likeness (QED) is 0.798. The predicted octanol–water partition coefficient (Wildman–Crippen LogP) is 1.45. The van der Waals surface area contributed by atoms with Crippen LogP contribution in [0.15, 0.2) is 12.4 Å². The number of anilines is 2. The summed E-state index contributed by atoms with van der Waals surface area (Å²) in [7, 11) is 1.96. The van der Waals surface area contributed by atoms with Crippen molar-refractivity contribution in [2.24, 2.45) is 5.92 Å². The maximum Gasteiger partial charge on any atom is 0.308 e. The molecule has 6 heteroatoms. The van der Waals surface area contributed by atoms with Crippen LogP contribution in [0.25, 0.3) is 0 Å². The van der Waals surface area contributed by atoms with Gasteiger partial charge in [0.15, 0.2) is 0 Å². The Morgan fingerprint density at radius 2 is 2.11 bits per heavy atom. The van der Waals surface area contributed by atoms with Gasteiger partial charge in [-0.05, 0) is 13.8 Å². The summed E-state index contributed by atoms with van der Waals surface area (Å²) in [4.78, 5) is 21.0. The summed E-state index contributed by atoms with van der Waals surface area (Å²) in [6, 6.07) is 2.15. The zero-order chi connectivity index (χ0) is 13.7. The number of aliphatic carboxylic acids is 1. The first-order chi connectivity index (χ1) is 8.41. The molecule has 0 aliphatic heterocycles. The minimum atomic E-state index is -0.823. The molecule has 0 aliphatic rings. The van der Waals surface area contributed by atoms with E-state index >= 15 is 0 Å². The maximum absolute atomic E-state index is 10.7. The Morgan fingerprint density at radius 1 is 1.44 bits per heavy atom. The number of carboxylic acids is 1. The molecule has 100 valence electrons. The van der Waals surface area contributed by atoms with Crippen LogP contribution in [0.4, 0.5) is 11.6 Å². The molecule has 2 N–H and O–H groups in total. The molecule has 18 heavy (non-hydrogen) atoms. The van der Waals surface area contributed by atoms with Crippen LogP contribution >= 0.6 is 0 Å². The number of rotatable bonds is 6. The summed E-state index contributed by atoms with van der Waals surface area (Å²) >= 11 is 0. The Kier molecular flexibility index (Phi) is 4.88. The van der Waals surface area contributed by atoms with Crippen LogP contribution in [0, 0.1) is 5.92 Å². The lowest BCUT2D eigenvalue weighted by molar-refractivity contribution is -0.140. The second kappa shape index (κ2) is 6.18. The summed E-state index contributed by atoms with van der Waals surface area (Å²) in [5.41, 5.74) is 0. The summed E-state index contributed by atoms with van der Waals surface area (Å²) in [6.07, 6.45) is 1.47. The van der Waals surface area contributed by atoms with Crippen molar-refractivity contribution in [3.8, 4) is 0 Å². The topological polar surface area (TPSA) is 78.3 Å². The third-order valence-electron chi connectivity index (χ3n) is 2.80. The molecule has 1 rings (SSSR count). The standard InChI is InChI=1S/C12H20N4O2/c1-8(2)16(4)11-5-10(14-7-15-11)13-6-9(3)12(17)18/h5,7-9H,6H2,1-4H3,(H,17,18)(H,13,14,15). The van der Waals surface area contributed by atoms with Gasteiger partial charge >= 0.3 is 5.97 Å². The minimum Gasteiger partial charge on any atom is -0.481 e. The molecule has 1 unspecified atom stereocenters. The molecule has 1 atom stereocenters. The van der Waals surface area contributed by atoms with E-state index in [1.165, 1.54) is 6.33 Å². The van der Waals surface area contributed by atoms with Crippen LogP contribution < -0.4 is 10.2 Å². The van der Waals surface area contributed by atoms with E-state index in [-0.39, 0.29) is 0 Å². The molecule has 0 spiro atoms. The summed E-state index contributed by atoms with van der Waals surface area (Å²) < 4.78 is 0. The maximum atomic E-state index is 10.7. The van der Waals surface area contributed by atoms with Crippen molar-refractivity contribution in [2.45, 2.75) is 26.8 Å². The Balaban J connectivity index is 2.68. The second-order valence-electron chi connectivity index (χ2n) is 4.59. The molecule has 0 aliphatic carbocycles. The molecule has 0 aromatic carbocycles. The van der Waals surface area contributed by atoms with E-state index in [2.05, 4.69) is 29.1 Å². The Hall–Kier alpha value is -1.85. The average molecular weight is 252 g/mol. The van der Waals surface area contributed by atoms with E-state index in [9.17, 15) is 4.79 Å². The second-order valence-corrected chi connectivity index (χ2v) is 4.59. The van der Waals surface area contributed by atoms with Gasteiger partial charge in [0.25, 0.3) is 0 Å². The smallest absolute Gasteiger partial charge is 0.308 e. The Morgan fingerprint density at radius 3 is 2.67 bits per heavy atom. The van der Waals surface area contributed by atoms with E-state index in [1.807, 2.05) is 18.0 Å². The fraction of sp³-hybridized carbons (Fsp3) is 0.583. The fourth-order valence-electron chi connectivity index (χ4n) is 1.25. The first kappa shape index (κ1) is 14.2. The number of carbonyl (C=O) groups is 1. The van der Waals surface area contributed by atoms with Gasteiger partial charge in [-0.3, -0.25) is 4.79 Å². The molecule has 1 aromatic heterocycles. The van der Waals surface area contributed by atoms with E-state index in [0.29, 0.717) is 18.4 Å². The van der Waals surface area contributed by atoms with Gasteiger partial charge in [0, 0.05) is 25.7 Å². The van der Waals surface area contributed by atoms with Gasteiger partial charge in [0.1, 0.15) is 18.0 Å². The lowest BCUT2D eigenvalue weighted by Crippen LogP contribution is -2.27. The van der Waals surface area contributed by atoms with E-state index in [1.54, 1.807) is 6.92 Å². The molecule has 0 saturated carbocycles. The van der Waals surface area contributed by atoms with Gasteiger partial charge in [-0.25, -0.2) is 9.97 Å². The molecular formula is C12H20N4O2. The summed E-state index contributed by atoms with van der Waals surface area (Å²) in [6.45, 7) is 6.14. The largest absolute Gasteiger partial charge is 0.481 e. The van der Waals surface area contributed by atoms with Crippen molar-refractivity contribution in [3.05, 3.63) is 12.4 Å². The predicted molar refractivity (Wildman–Crippen MR) is 70.9 cm³/mol. The fourth-order valence-corrected chi connectivity index (χ4v) is 1.25. The van der Waals surface area contributed by atoms with Gasteiger partial charge in [-0.1, -0.05) is 6.92 Å². The number of nitrogens with one attached hydrogen (secondary N) is 1. The molecular weight excluding hydrogens is 232 g/mol. The first-order valence-electron chi connectivity index (χ1n) is 5.93. The highest BCUT2D eigenvalue weighted by Gasteiger charge is 2.11. The number of hydrogen-bond donors (Lipinski definition) is 2. The highest BCUT2D eigenvalue weighted by molar-refractivity contribution is 5.70. The normalized spacial score (nSPS) is 12.3. The SMILES string of the molecule is CC(CNc1cc(N(C)C(C)C)ncn1)C(=O)O. The van der Waals surface area contributed by atoms with Gasteiger partial charge < -0.3 is 15.3 Å². The summed E-state index contributed by atoms with van der Waals surface area (Å²) in [5.74, 6) is 0.174. The molecule has 0 fully saturated rings. The van der Waals surface area contributed by atoms with Crippen LogP contribution in [-0.4, -0.2) is 40.7 Å². The number of aromatic nitrogens is 2. The van der Waals surface area contributed by atoms with E-state index < -0.39 is 11.9 Å². The van der Waals surface area contributed by atoms with Crippen molar-refractivity contribution in [2.75, 3.05) is 23.8 Å². The third kappa shape index (κ3) is 3.87. The van der Waals surface area contributed by atoms with E-state index in [0.717, 1.165) is 5.82 Å². The molecule has 0 amide bonds. The lowest BCUT2D eigenvalue weighted by Gasteiger charge is -2.22. The minimum absolute atomic E-state index is 0.339. The van der Waals surface area contributed by atoms with Crippen molar-refractivity contribution in [1.29, 1.82) is 0 Å². The van der Waals surface area contributed by atoms with Crippen LogP contribution in [0.2, 0.25) is 0 Å². The van der Waals surface area contributed by atoms with Crippen molar-refractivity contribution >= 4 is 17.6 Å². The number of hydrogen-bond acceptors (Lipinski definition) is 5. The molecule has 6 nitrogen and oxygen atoms in total. The zero-order valence-electron chi connectivity index (χ0n) is 11.2. The van der Waals surface area contributed by atoms with Crippen LogP contribution in [-0.2, 0) is 4.79 Å². The Labute approximate surface area is 107 Å². The van der Waals surface area contributed by atoms with Crippen LogP contribution in [0.5, 0.6) is 0 Å². The zero-order valence-corrected chi connectivity index (χ0v) is 11.2. The number of nitrogens with zero attached hydrogens (tertiary/aromatic N) is 3. The summed E-state index contributed by atoms with van der Waals surface area (Å²) in [5, 5.41) is 11.8. The van der Waals surface area contributed by atoms with Gasteiger partial charge in [-0.2, -0.15) is 0 Å². The van der Waals surface area contributed by atoms with Crippen molar-refractivity contribution in [1.82, 2.24) is 9.97 Å². The lowest BCUT2D eigenvalue weighted by atomic mass is 10.2.